The molecule has 2 aliphatic heterocycles. The Hall–Kier alpha value is -4.17. The molecule has 3 aromatic rings. The molecule has 3 aromatic carbocycles. The fourth-order valence-corrected chi connectivity index (χ4v) is 6.73. The molecule has 2 amide bonds. The van der Waals surface area contributed by atoms with E-state index in [-0.39, 0.29) is 37.2 Å². The number of piperidine rings is 1. The first-order chi connectivity index (χ1) is 20.4. The van der Waals surface area contributed by atoms with Gasteiger partial charge in [0.2, 0.25) is 5.91 Å². The summed E-state index contributed by atoms with van der Waals surface area (Å²) in [4.78, 5) is 41.8. The summed E-state index contributed by atoms with van der Waals surface area (Å²) in [6, 6.07) is 26.8. The third-order valence-corrected chi connectivity index (χ3v) is 9.04. The minimum atomic E-state index is -0.841. The lowest BCUT2D eigenvalue weighted by atomic mass is 9.83. The summed E-state index contributed by atoms with van der Waals surface area (Å²) < 4.78 is 5.88. The van der Waals surface area contributed by atoms with Crippen molar-refractivity contribution in [1.82, 2.24) is 15.1 Å². The first-order valence-electron chi connectivity index (χ1n) is 14.8. The fraction of sp³-hybridized carbons (Fsp3) is 0.382. The van der Waals surface area contributed by atoms with Crippen LogP contribution in [0.5, 0.6) is 0 Å². The van der Waals surface area contributed by atoms with Gasteiger partial charge < -0.3 is 20.1 Å². The average molecular weight is 568 g/mol. The zero-order valence-corrected chi connectivity index (χ0v) is 23.7. The van der Waals surface area contributed by atoms with Crippen molar-refractivity contribution in [3.8, 4) is 11.1 Å². The SMILES string of the molecule is O=C(O)CC1CN(C(=O)CC2(NC(=O)OCC3c4ccccc4-c4ccccc43)CCN(Cc3ccccc3)CC2)C1. The van der Waals surface area contributed by atoms with E-state index >= 15 is 0 Å². The van der Waals surface area contributed by atoms with E-state index in [9.17, 15) is 14.4 Å². The summed E-state index contributed by atoms with van der Waals surface area (Å²) in [6.45, 7) is 3.42. The summed E-state index contributed by atoms with van der Waals surface area (Å²) in [5.74, 6) is -0.940. The molecule has 0 radical (unpaired) electrons. The lowest BCUT2D eigenvalue weighted by Gasteiger charge is -2.45. The van der Waals surface area contributed by atoms with Crippen molar-refractivity contribution >= 4 is 18.0 Å². The van der Waals surface area contributed by atoms with Crippen molar-refractivity contribution in [2.75, 3.05) is 32.8 Å². The summed E-state index contributed by atoms with van der Waals surface area (Å²) in [7, 11) is 0. The number of fused-ring (bicyclic) bond motifs is 3. The highest BCUT2D eigenvalue weighted by atomic mass is 16.5. The quantitative estimate of drug-likeness (QED) is 0.382. The van der Waals surface area contributed by atoms with Crippen molar-refractivity contribution in [3.05, 3.63) is 95.6 Å². The predicted molar refractivity (Wildman–Crippen MR) is 159 cm³/mol. The van der Waals surface area contributed by atoms with Crippen LogP contribution in [0.2, 0.25) is 0 Å². The zero-order chi connectivity index (χ0) is 29.1. The molecule has 0 bridgehead atoms. The van der Waals surface area contributed by atoms with Crippen LogP contribution in [-0.4, -0.2) is 71.2 Å². The Labute approximate surface area is 246 Å². The Morgan fingerprint density at radius 3 is 2.07 bits per heavy atom. The van der Waals surface area contributed by atoms with Crippen LogP contribution < -0.4 is 5.32 Å². The number of benzene rings is 3. The molecule has 42 heavy (non-hydrogen) atoms. The summed E-state index contributed by atoms with van der Waals surface area (Å²) in [5.41, 5.74) is 5.16. The highest BCUT2D eigenvalue weighted by Gasteiger charge is 2.42. The Bertz CT molecular complexity index is 1400. The molecule has 8 heteroatoms. The normalized spacial score (nSPS) is 18.0. The number of carbonyl (C=O) groups excluding carboxylic acids is 2. The van der Waals surface area contributed by atoms with Gasteiger partial charge in [-0.1, -0.05) is 78.9 Å². The average Bonchev–Trinajstić information content (AvgIpc) is 3.29. The van der Waals surface area contributed by atoms with E-state index in [1.807, 2.05) is 42.5 Å². The van der Waals surface area contributed by atoms with Gasteiger partial charge in [0.1, 0.15) is 6.61 Å². The van der Waals surface area contributed by atoms with Gasteiger partial charge >= 0.3 is 12.1 Å². The van der Waals surface area contributed by atoms with E-state index in [0.29, 0.717) is 25.9 Å². The lowest BCUT2D eigenvalue weighted by Crippen LogP contribution is -2.59. The van der Waals surface area contributed by atoms with Gasteiger partial charge in [0.25, 0.3) is 0 Å². The molecule has 2 heterocycles. The molecule has 0 aromatic heterocycles. The number of nitrogens with one attached hydrogen (secondary N) is 1. The number of alkyl carbamates (subject to hydrolysis) is 1. The number of rotatable bonds is 9. The number of carboxylic acid groups (broad SMARTS) is 1. The Morgan fingerprint density at radius 2 is 1.45 bits per heavy atom. The van der Waals surface area contributed by atoms with Gasteiger partial charge in [-0.15, -0.1) is 0 Å². The molecule has 0 atom stereocenters. The molecule has 0 saturated carbocycles. The van der Waals surface area contributed by atoms with E-state index in [1.54, 1.807) is 4.90 Å². The molecule has 6 rings (SSSR count). The monoisotopic (exact) mass is 567 g/mol. The highest BCUT2D eigenvalue weighted by molar-refractivity contribution is 5.81. The zero-order valence-electron chi connectivity index (χ0n) is 23.7. The number of amides is 2. The molecule has 2 saturated heterocycles. The third kappa shape index (κ3) is 6.04. The first kappa shape index (κ1) is 28.0. The molecule has 8 nitrogen and oxygen atoms in total. The van der Waals surface area contributed by atoms with E-state index in [2.05, 4.69) is 46.6 Å². The molecule has 2 N–H and O–H groups in total. The van der Waals surface area contributed by atoms with Gasteiger partial charge in [0.05, 0.1) is 18.4 Å². The molecular weight excluding hydrogens is 530 g/mol. The van der Waals surface area contributed by atoms with Gasteiger partial charge in [-0.25, -0.2) is 4.79 Å². The molecule has 0 spiro atoms. The molecule has 0 unspecified atom stereocenters. The van der Waals surface area contributed by atoms with E-state index < -0.39 is 17.6 Å². The van der Waals surface area contributed by atoms with E-state index in [4.69, 9.17) is 9.84 Å². The van der Waals surface area contributed by atoms with Crippen molar-refractivity contribution in [1.29, 1.82) is 0 Å². The third-order valence-electron chi connectivity index (χ3n) is 9.04. The number of carboxylic acids is 1. The van der Waals surface area contributed by atoms with Gasteiger partial charge in [0.15, 0.2) is 0 Å². The second-order valence-corrected chi connectivity index (χ2v) is 11.9. The molecule has 1 aliphatic carbocycles. The standard InChI is InChI=1S/C34H37N3O5/c38-31(37-21-25(22-37)18-32(39)40)19-34(14-16-36(17-15-34)20-24-8-2-1-3-9-24)35-33(41)42-23-30-28-12-6-4-10-26(28)27-11-5-7-13-29(27)30/h1-13,25,30H,14-23H2,(H,35,41)(H,39,40). The summed E-state index contributed by atoms with van der Waals surface area (Å²) >= 11 is 0. The fourth-order valence-electron chi connectivity index (χ4n) is 6.73. The number of aliphatic carboxylic acids is 1. The van der Waals surface area contributed by atoms with E-state index in [1.165, 1.54) is 16.7 Å². The predicted octanol–water partition coefficient (Wildman–Crippen LogP) is 4.88. The van der Waals surface area contributed by atoms with Crippen LogP contribution in [0.25, 0.3) is 11.1 Å². The number of hydrogen-bond acceptors (Lipinski definition) is 5. The number of carbonyl (C=O) groups is 3. The maximum Gasteiger partial charge on any atom is 0.407 e. The summed E-state index contributed by atoms with van der Waals surface area (Å²) in [5, 5.41) is 12.2. The van der Waals surface area contributed by atoms with Crippen molar-refractivity contribution in [2.24, 2.45) is 5.92 Å². The lowest BCUT2D eigenvalue weighted by molar-refractivity contribution is -0.146. The van der Waals surface area contributed by atoms with Crippen LogP contribution in [0, 0.1) is 5.92 Å². The van der Waals surface area contributed by atoms with Crippen LogP contribution in [0.1, 0.15) is 48.3 Å². The van der Waals surface area contributed by atoms with E-state index in [0.717, 1.165) is 30.8 Å². The first-order valence-corrected chi connectivity index (χ1v) is 14.8. The molecular formula is C34H37N3O5. The molecule has 218 valence electrons. The Kier molecular flexibility index (Phi) is 7.98. The van der Waals surface area contributed by atoms with Crippen molar-refractivity contribution in [3.63, 3.8) is 0 Å². The van der Waals surface area contributed by atoms with Gasteiger partial charge in [-0.3, -0.25) is 14.5 Å². The minimum absolute atomic E-state index is 0.00906. The summed E-state index contributed by atoms with van der Waals surface area (Å²) in [6.07, 6.45) is 0.996. The largest absolute Gasteiger partial charge is 0.481 e. The number of likely N-dealkylation sites (tertiary alicyclic amines) is 2. The van der Waals surface area contributed by atoms with Crippen LogP contribution in [0.4, 0.5) is 4.79 Å². The van der Waals surface area contributed by atoms with Gasteiger partial charge in [0, 0.05) is 44.6 Å². The highest BCUT2D eigenvalue weighted by Crippen LogP contribution is 2.44. The van der Waals surface area contributed by atoms with Crippen LogP contribution >= 0.6 is 0 Å². The topological polar surface area (TPSA) is 99.2 Å². The maximum atomic E-state index is 13.3. The number of nitrogens with zero attached hydrogens (tertiary/aromatic N) is 2. The Balaban J connectivity index is 1.11. The van der Waals surface area contributed by atoms with Crippen LogP contribution in [-0.2, 0) is 20.9 Å². The maximum absolute atomic E-state index is 13.3. The second kappa shape index (κ2) is 12.0. The van der Waals surface area contributed by atoms with Gasteiger partial charge in [-0.05, 0) is 40.7 Å². The second-order valence-electron chi connectivity index (χ2n) is 11.9. The molecule has 2 fully saturated rings. The number of hydrogen-bond donors (Lipinski definition) is 2. The van der Waals surface area contributed by atoms with Crippen molar-refractivity contribution < 1.29 is 24.2 Å². The van der Waals surface area contributed by atoms with Crippen molar-refractivity contribution in [2.45, 2.75) is 43.7 Å². The minimum Gasteiger partial charge on any atom is -0.481 e. The van der Waals surface area contributed by atoms with Crippen LogP contribution in [0.15, 0.2) is 78.9 Å². The van der Waals surface area contributed by atoms with Crippen LogP contribution in [0.3, 0.4) is 0 Å². The molecule has 3 aliphatic rings. The number of ether oxygens (including phenoxy) is 1. The van der Waals surface area contributed by atoms with Gasteiger partial charge in [-0.2, -0.15) is 0 Å². The Morgan fingerprint density at radius 1 is 0.857 bits per heavy atom. The smallest absolute Gasteiger partial charge is 0.407 e.